The molecule has 0 aliphatic carbocycles. The van der Waals surface area contributed by atoms with Crippen LogP contribution in [0.1, 0.15) is 11.1 Å². The molecule has 0 aliphatic heterocycles. The Hall–Kier alpha value is -2.07. The fourth-order valence-electron chi connectivity index (χ4n) is 1.58. The zero-order valence-corrected chi connectivity index (χ0v) is 11.1. The summed E-state index contributed by atoms with van der Waals surface area (Å²) in [5, 5.41) is 10.7. The predicted molar refractivity (Wildman–Crippen MR) is 73.6 cm³/mol. The van der Waals surface area contributed by atoms with E-state index in [9.17, 15) is 10.1 Å². The first-order valence-electron chi connectivity index (χ1n) is 5.68. The van der Waals surface area contributed by atoms with E-state index in [1.807, 2.05) is 31.2 Å². The number of halogens is 1. The highest BCUT2D eigenvalue weighted by molar-refractivity contribution is 6.32. The van der Waals surface area contributed by atoms with Crippen molar-refractivity contribution < 1.29 is 9.66 Å². The SMILES string of the molecule is Cc1ccc(COc2ccc([N+](=O)[O-])c(Cl)c2)cc1. The van der Waals surface area contributed by atoms with Crippen molar-refractivity contribution in [2.45, 2.75) is 13.5 Å². The number of hydrogen-bond acceptors (Lipinski definition) is 3. The number of nitro benzene ring substituents is 1. The van der Waals surface area contributed by atoms with Gasteiger partial charge in [0.25, 0.3) is 5.69 Å². The van der Waals surface area contributed by atoms with E-state index in [0.29, 0.717) is 12.4 Å². The Kier molecular flexibility index (Phi) is 4.02. The first-order valence-corrected chi connectivity index (χ1v) is 6.06. The van der Waals surface area contributed by atoms with Gasteiger partial charge >= 0.3 is 0 Å². The van der Waals surface area contributed by atoms with Gasteiger partial charge in [0.2, 0.25) is 0 Å². The largest absolute Gasteiger partial charge is 0.489 e. The summed E-state index contributed by atoms with van der Waals surface area (Å²) in [4.78, 5) is 10.1. The van der Waals surface area contributed by atoms with Crippen LogP contribution in [0.5, 0.6) is 5.75 Å². The number of hydrogen-bond donors (Lipinski definition) is 0. The van der Waals surface area contributed by atoms with E-state index in [-0.39, 0.29) is 10.7 Å². The molecule has 5 heteroatoms. The Morgan fingerprint density at radius 2 is 1.89 bits per heavy atom. The highest BCUT2D eigenvalue weighted by Gasteiger charge is 2.12. The summed E-state index contributed by atoms with van der Waals surface area (Å²) in [6.07, 6.45) is 0. The van der Waals surface area contributed by atoms with Gasteiger partial charge in [0, 0.05) is 12.1 Å². The normalized spacial score (nSPS) is 10.2. The summed E-state index contributed by atoms with van der Waals surface area (Å²) < 4.78 is 5.54. The molecule has 0 spiro atoms. The monoisotopic (exact) mass is 277 g/mol. The lowest BCUT2D eigenvalue weighted by Crippen LogP contribution is -1.96. The fourth-order valence-corrected chi connectivity index (χ4v) is 1.82. The average Bonchev–Trinajstić information content (AvgIpc) is 2.37. The lowest BCUT2D eigenvalue weighted by Gasteiger charge is -2.07. The quantitative estimate of drug-likeness (QED) is 0.623. The van der Waals surface area contributed by atoms with Crippen molar-refractivity contribution >= 4 is 17.3 Å². The Balaban J connectivity index is 2.06. The molecule has 0 aromatic heterocycles. The van der Waals surface area contributed by atoms with E-state index in [2.05, 4.69) is 0 Å². The molecule has 0 fully saturated rings. The van der Waals surface area contributed by atoms with E-state index >= 15 is 0 Å². The van der Waals surface area contributed by atoms with E-state index in [0.717, 1.165) is 5.56 Å². The lowest BCUT2D eigenvalue weighted by molar-refractivity contribution is -0.384. The predicted octanol–water partition coefficient (Wildman–Crippen LogP) is 4.14. The van der Waals surface area contributed by atoms with Gasteiger partial charge in [0.15, 0.2) is 0 Å². The van der Waals surface area contributed by atoms with Gasteiger partial charge in [-0.25, -0.2) is 0 Å². The summed E-state index contributed by atoms with van der Waals surface area (Å²) in [5.41, 5.74) is 2.09. The highest BCUT2D eigenvalue weighted by atomic mass is 35.5. The third-order valence-corrected chi connectivity index (χ3v) is 2.94. The molecule has 2 aromatic carbocycles. The number of rotatable bonds is 4. The van der Waals surface area contributed by atoms with Crippen LogP contribution in [0.15, 0.2) is 42.5 Å². The molecular formula is C14H12ClNO3. The molecule has 0 aliphatic rings. The van der Waals surface area contributed by atoms with Crippen molar-refractivity contribution in [2.75, 3.05) is 0 Å². The second-order valence-corrected chi connectivity index (χ2v) is 4.55. The zero-order chi connectivity index (χ0) is 13.8. The number of benzene rings is 2. The second kappa shape index (κ2) is 5.71. The molecule has 0 heterocycles. The summed E-state index contributed by atoms with van der Waals surface area (Å²) >= 11 is 5.81. The number of ether oxygens (including phenoxy) is 1. The van der Waals surface area contributed by atoms with Crippen molar-refractivity contribution in [1.82, 2.24) is 0 Å². The molecule has 4 nitrogen and oxygen atoms in total. The first kappa shape index (κ1) is 13.4. The average molecular weight is 278 g/mol. The van der Waals surface area contributed by atoms with Gasteiger partial charge in [-0.15, -0.1) is 0 Å². The van der Waals surface area contributed by atoms with Crippen LogP contribution in [-0.4, -0.2) is 4.92 Å². The van der Waals surface area contributed by atoms with Crippen LogP contribution in [0.3, 0.4) is 0 Å². The van der Waals surface area contributed by atoms with Crippen LogP contribution in [0.25, 0.3) is 0 Å². The van der Waals surface area contributed by atoms with Gasteiger partial charge in [0.05, 0.1) is 4.92 Å². The Morgan fingerprint density at radius 3 is 2.47 bits per heavy atom. The lowest BCUT2D eigenvalue weighted by atomic mass is 10.2. The molecular weight excluding hydrogens is 266 g/mol. The third kappa shape index (κ3) is 3.45. The van der Waals surface area contributed by atoms with E-state index in [1.165, 1.54) is 23.8 Å². The Bertz CT molecular complexity index is 596. The summed E-state index contributed by atoms with van der Waals surface area (Å²) in [6.45, 7) is 2.41. The minimum atomic E-state index is -0.522. The van der Waals surface area contributed by atoms with Gasteiger partial charge in [-0.1, -0.05) is 41.4 Å². The smallest absolute Gasteiger partial charge is 0.288 e. The van der Waals surface area contributed by atoms with Crippen molar-refractivity contribution in [2.24, 2.45) is 0 Å². The van der Waals surface area contributed by atoms with Crippen LogP contribution in [-0.2, 0) is 6.61 Å². The maximum absolute atomic E-state index is 10.6. The molecule has 2 rings (SSSR count). The molecule has 0 N–H and O–H groups in total. The standard InChI is InChI=1S/C14H12ClNO3/c1-10-2-4-11(5-3-10)9-19-12-6-7-14(16(17)18)13(15)8-12/h2-8H,9H2,1H3. The van der Waals surface area contributed by atoms with Crippen LogP contribution < -0.4 is 4.74 Å². The minimum Gasteiger partial charge on any atom is -0.489 e. The highest BCUT2D eigenvalue weighted by Crippen LogP contribution is 2.28. The molecule has 0 atom stereocenters. The molecule has 0 unspecified atom stereocenters. The maximum atomic E-state index is 10.6. The molecule has 0 amide bonds. The van der Waals surface area contributed by atoms with Gasteiger partial charge < -0.3 is 4.74 Å². The number of nitrogens with zero attached hydrogens (tertiary/aromatic N) is 1. The number of nitro groups is 1. The molecule has 0 radical (unpaired) electrons. The van der Waals surface area contributed by atoms with Crippen molar-refractivity contribution in [3.05, 3.63) is 68.7 Å². The molecule has 0 saturated heterocycles. The first-order chi connectivity index (χ1) is 9.06. The molecule has 0 bridgehead atoms. The minimum absolute atomic E-state index is 0.0754. The molecule has 0 saturated carbocycles. The summed E-state index contributed by atoms with van der Waals surface area (Å²) in [6, 6.07) is 12.3. The van der Waals surface area contributed by atoms with E-state index in [4.69, 9.17) is 16.3 Å². The van der Waals surface area contributed by atoms with Crippen LogP contribution >= 0.6 is 11.6 Å². The van der Waals surface area contributed by atoms with Crippen LogP contribution in [0.4, 0.5) is 5.69 Å². The molecule has 98 valence electrons. The van der Waals surface area contributed by atoms with Gasteiger partial charge in [-0.3, -0.25) is 10.1 Å². The van der Waals surface area contributed by atoms with Crippen molar-refractivity contribution in [3.8, 4) is 5.75 Å². The van der Waals surface area contributed by atoms with Gasteiger partial charge in [0.1, 0.15) is 17.4 Å². The maximum Gasteiger partial charge on any atom is 0.288 e. The van der Waals surface area contributed by atoms with Gasteiger partial charge in [-0.05, 0) is 18.6 Å². The topological polar surface area (TPSA) is 52.4 Å². The fraction of sp³-hybridized carbons (Fsp3) is 0.143. The number of aryl methyl sites for hydroxylation is 1. The Labute approximate surface area is 115 Å². The van der Waals surface area contributed by atoms with Crippen molar-refractivity contribution in [1.29, 1.82) is 0 Å². The van der Waals surface area contributed by atoms with E-state index in [1.54, 1.807) is 0 Å². The zero-order valence-electron chi connectivity index (χ0n) is 10.3. The van der Waals surface area contributed by atoms with Crippen LogP contribution in [0, 0.1) is 17.0 Å². The molecule has 2 aromatic rings. The summed E-state index contributed by atoms with van der Waals surface area (Å²) in [5.74, 6) is 0.510. The van der Waals surface area contributed by atoms with Crippen molar-refractivity contribution in [3.63, 3.8) is 0 Å². The Morgan fingerprint density at radius 1 is 1.21 bits per heavy atom. The van der Waals surface area contributed by atoms with E-state index < -0.39 is 4.92 Å². The molecule has 19 heavy (non-hydrogen) atoms. The summed E-state index contributed by atoms with van der Waals surface area (Å²) in [7, 11) is 0. The van der Waals surface area contributed by atoms with Gasteiger partial charge in [-0.2, -0.15) is 0 Å². The van der Waals surface area contributed by atoms with Crippen LogP contribution in [0.2, 0.25) is 5.02 Å². The third-order valence-electron chi connectivity index (χ3n) is 2.64. The second-order valence-electron chi connectivity index (χ2n) is 4.14.